The fraction of sp³-hybridized carbons (Fsp3) is 0.464. The Kier molecular flexibility index (Phi) is 9.70. The highest BCUT2D eigenvalue weighted by Crippen LogP contribution is 2.32. The van der Waals surface area contributed by atoms with E-state index in [-0.39, 0.29) is 17.3 Å². The van der Waals surface area contributed by atoms with Crippen LogP contribution in [0.25, 0.3) is 0 Å². The Hall–Kier alpha value is -2.68. The second-order valence-corrected chi connectivity index (χ2v) is 12.3. The van der Waals surface area contributed by atoms with E-state index in [1.54, 1.807) is 25.6 Å². The third kappa shape index (κ3) is 8.76. The van der Waals surface area contributed by atoms with Crippen molar-refractivity contribution in [3.05, 3.63) is 77.6 Å². The fourth-order valence-electron chi connectivity index (χ4n) is 3.60. The van der Waals surface area contributed by atoms with E-state index in [0.29, 0.717) is 12.4 Å². The Bertz CT molecular complexity index is 1090. The quantitative estimate of drug-likeness (QED) is 0.337. The minimum absolute atomic E-state index is 0.0384. The van der Waals surface area contributed by atoms with Crippen LogP contribution >= 0.6 is 11.8 Å². The van der Waals surface area contributed by atoms with Gasteiger partial charge >= 0.3 is 0 Å². The third-order valence-corrected chi connectivity index (χ3v) is 6.53. The molecule has 0 radical (unpaired) electrons. The SMILES string of the molecule is CC(C)(C)Sc1nnc(C(COCc2ccccc2)NC(=O)C(C)(C)N)n1CCCc1ccccc1. The number of hydrogen-bond acceptors (Lipinski definition) is 6. The molecule has 2 aromatic carbocycles. The van der Waals surface area contributed by atoms with Crippen LogP contribution < -0.4 is 11.1 Å². The van der Waals surface area contributed by atoms with E-state index in [4.69, 9.17) is 10.5 Å². The second-order valence-electron chi connectivity index (χ2n) is 10.5. The molecule has 3 rings (SSSR count). The maximum Gasteiger partial charge on any atom is 0.240 e. The van der Waals surface area contributed by atoms with Gasteiger partial charge in [0.2, 0.25) is 5.91 Å². The normalized spacial score (nSPS) is 12.9. The van der Waals surface area contributed by atoms with Crippen molar-refractivity contribution in [2.75, 3.05) is 6.61 Å². The van der Waals surface area contributed by atoms with Crippen LogP contribution in [0.2, 0.25) is 0 Å². The minimum atomic E-state index is -1.03. The Morgan fingerprint density at radius 1 is 1.00 bits per heavy atom. The molecule has 3 aromatic rings. The van der Waals surface area contributed by atoms with Crippen molar-refractivity contribution in [2.45, 2.75) is 82.1 Å². The van der Waals surface area contributed by atoms with Gasteiger partial charge in [0.25, 0.3) is 0 Å². The van der Waals surface area contributed by atoms with Crippen molar-refractivity contribution in [3.8, 4) is 0 Å². The molecule has 194 valence electrons. The van der Waals surface area contributed by atoms with Crippen molar-refractivity contribution in [3.63, 3.8) is 0 Å². The van der Waals surface area contributed by atoms with E-state index in [2.05, 4.69) is 65.1 Å². The Morgan fingerprint density at radius 3 is 2.19 bits per heavy atom. The zero-order chi connectivity index (χ0) is 26.2. The van der Waals surface area contributed by atoms with Crippen molar-refractivity contribution >= 4 is 17.7 Å². The lowest BCUT2D eigenvalue weighted by atomic mass is 10.1. The predicted molar refractivity (Wildman–Crippen MR) is 146 cm³/mol. The van der Waals surface area contributed by atoms with Gasteiger partial charge in [-0.2, -0.15) is 0 Å². The number of hydrogen-bond donors (Lipinski definition) is 2. The molecule has 0 aliphatic rings. The molecular formula is C28H39N5O2S. The molecular weight excluding hydrogens is 470 g/mol. The summed E-state index contributed by atoms with van der Waals surface area (Å²) in [4.78, 5) is 12.9. The number of carbonyl (C=O) groups is 1. The van der Waals surface area contributed by atoms with Crippen LogP contribution in [-0.4, -0.2) is 37.6 Å². The first-order chi connectivity index (χ1) is 17.0. The van der Waals surface area contributed by atoms with Gasteiger partial charge in [0, 0.05) is 11.3 Å². The number of nitrogens with zero attached hydrogens (tertiary/aromatic N) is 3. The van der Waals surface area contributed by atoms with Crippen LogP contribution in [0.3, 0.4) is 0 Å². The van der Waals surface area contributed by atoms with Gasteiger partial charge in [-0.15, -0.1) is 10.2 Å². The van der Waals surface area contributed by atoms with Gasteiger partial charge in [-0.25, -0.2) is 0 Å². The molecule has 0 saturated heterocycles. The first-order valence-electron chi connectivity index (χ1n) is 12.4. The summed E-state index contributed by atoms with van der Waals surface area (Å²) in [5.74, 6) is 0.417. The number of benzene rings is 2. The van der Waals surface area contributed by atoms with Crippen LogP contribution in [0.5, 0.6) is 0 Å². The molecule has 0 fully saturated rings. The van der Waals surface area contributed by atoms with E-state index < -0.39 is 11.6 Å². The maximum atomic E-state index is 12.9. The van der Waals surface area contributed by atoms with E-state index in [0.717, 1.165) is 30.1 Å². The number of nitrogens with one attached hydrogen (secondary N) is 1. The monoisotopic (exact) mass is 509 g/mol. The van der Waals surface area contributed by atoms with Crippen molar-refractivity contribution in [1.82, 2.24) is 20.1 Å². The zero-order valence-corrected chi connectivity index (χ0v) is 22.8. The number of rotatable bonds is 12. The molecule has 1 heterocycles. The summed E-state index contributed by atoms with van der Waals surface area (Å²) >= 11 is 1.67. The summed E-state index contributed by atoms with van der Waals surface area (Å²) in [6.45, 7) is 11.3. The second kappa shape index (κ2) is 12.5. The van der Waals surface area contributed by atoms with Crippen molar-refractivity contribution < 1.29 is 9.53 Å². The van der Waals surface area contributed by atoms with Crippen LogP contribution in [0, 0.1) is 0 Å². The van der Waals surface area contributed by atoms with Crippen LogP contribution in [-0.2, 0) is 29.1 Å². The summed E-state index contributed by atoms with van der Waals surface area (Å²) in [5.41, 5.74) is 7.42. The fourth-order valence-corrected chi connectivity index (χ4v) is 4.52. The molecule has 7 nitrogen and oxygen atoms in total. The Morgan fingerprint density at radius 2 is 1.61 bits per heavy atom. The third-order valence-electron chi connectivity index (χ3n) is 5.43. The highest BCUT2D eigenvalue weighted by atomic mass is 32.2. The first-order valence-corrected chi connectivity index (χ1v) is 13.2. The number of carbonyl (C=O) groups excluding carboxylic acids is 1. The molecule has 0 bridgehead atoms. The number of amides is 1. The summed E-state index contributed by atoms with van der Waals surface area (Å²) < 4.78 is 8.13. The van der Waals surface area contributed by atoms with Gasteiger partial charge in [0.1, 0.15) is 6.04 Å². The molecule has 1 amide bonds. The first kappa shape index (κ1) is 27.9. The number of aromatic nitrogens is 3. The van der Waals surface area contributed by atoms with Gasteiger partial charge in [0.05, 0.1) is 18.8 Å². The average molecular weight is 510 g/mol. The van der Waals surface area contributed by atoms with Gasteiger partial charge in [-0.3, -0.25) is 4.79 Å². The Labute approximate surface area is 219 Å². The largest absolute Gasteiger partial charge is 0.374 e. The summed E-state index contributed by atoms with van der Waals surface area (Å²) in [6.07, 6.45) is 1.86. The number of thioether (sulfide) groups is 1. The van der Waals surface area contributed by atoms with Crippen LogP contribution in [0.1, 0.15) is 64.0 Å². The number of nitrogens with two attached hydrogens (primary N) is 1. The maximum absolute atomic E-state index is 12.9. The number of aryl methyl sites for hydroxylation is 1. The highest BCUT2D eigenvalue weighted by molar-refractivity contribution is 8.00. The lowest BCUT2D eigenvalue weighted by Gasteiger charge is -2.25. The summed E-state index contributed by atoms with van der Waals surface area (Å²) in [7, 11) is 0. The van der Waals surface area contributed by atoms with E-state index in [1.807, 2.05) is 36.4 Å². The lowest BCUT2D eigenvalue weighted by molar-refractivity contribution is -0.126. The van der Waals surface area contributed by atoms with Gasteiger partial charge in [-0.05, 0) is 37.8 Å². The zero-order valence-electron chi connectivity index (χ0n) is 22.0. The standard InChI is InChI=1S/C28H39N5O2S/c1-27(2,3)36-26-32-31-24(33(26)18-12-17-21-13-8-6-9-14-21)23(30-25(34)28(4,5)29)20-35-19-22-15-10-7-11-16-22/h6-11,13-16,23H,12,17-20,29H2,1-5H3,(H,30,34). The predicted octanol–water partition coefficient (Wildman–Crippen LogP) is 4.91. The van der Waals surface area contributed by atoms with Gasteiger partial charge < -0.3 is 20.4 Å². The average Bonchev–Trinajstić information content (AvgIpc) is 3.19. The number of ether oxygens (including phenoxy) is 1. The molecule has 36 heavy (non-hydrogen) atoms. The molecule has 3 N–H and O–H groups in total. The molecule has 1 atom stereocenters. The molecule has 1 aromatic heterocycles. The van der Waals surface area contributed by atoms with Crippen LogP contribution in [0.4, 0.5) is 0 Å². The van der Waals surface area contributed by atoms with Crippen LogP contribution in [0.15, 0.2) is 65.8 Å². The van der Waals surface area contributed by atoms with E-state index >= 15 is 0 Å². The van der Waals surface area contributed by atoms with Gasteiger partial charge in [0.15, 0.2) is 11.0 Å². The molecule has 0 saturated carbocycles. The minimum Gasteiger partial charge on any atom is -0.374 e. The van der Waals surface area contributed by atoms with E-state index in [9.17, 15) is 4.79 Å². The molecule has 1 unspecified atom stereocenters. The van der Waals surface area contributed by atoms with Gasteiger partial charge in [-0.1, -0.05) is 93.2 Å². The molecule has 0 spiro atoms. The molecule has 8 heteroatoms. The summed E-state index contributed by atoms with van der Waals surface area (Å²) in [5, 5.41) is 13.0. The lowest BCUT2D eigenvalue weighted by Crippen LogP contribution is -2.51. The summed E-state index contributed by atoms with van der Waals surface area (Å²) in [6, 6.07) is 19.9. The topological polar surface area (TPSA) is 95.1 Å². The van der Waals surface area contributed by atoms with E-state index in [1.165, 1.54) is 5.56 Å². The van der Waals surface area contributed by atoms with Crippen molar-refractivity contribution in [1.29, 1.82) is 0 Å². The smallest absolute Gasteiger partial charge is 0.240 e. The molecule has 0 aliphatic heterocycles. The molecule has 0 aliphatic carbocycles. The van der Waals surface area contributed by atoms with Crippen molar-refractivity contribution in [2.24, 2.45) is 5.73 Å². The Balaban J connectivity index is 1.84. The highest BCUT2D eigenvalue weighted by Gasteiger charge is 2.30.